The highest BCUT2D eigenvalue weighted by atomic mass is 16.6. The molecule has 10 nitrogen and oxygen atoms in total. The molecule has 1 aromatic heterocycles. The molecule has 1 aliphatic heterocycles. The molecule has 0 radical (unpaired) electrons. The molecule has 1 fully saturated rings. The van der Waals surface area contributed by atoms with E-state index in [0.717, 1.165) is 26.1 Å². The van der Waals surface area contributed by atoms with Gasteiger partial charge in [0.2, 0.25) is 0 Å². The quantitative estimate of drug-likeness (QED) is 0.409. The SMILES string of the molecule is CC(C)(C)OC(=O)CNC(=O)c1ccnc2ccc(OCCCN3CCN(C(=O)OC(C)(C)C)CC3)cc12. The summed E-state index contributed by atoms with van der Waals surface area (Å²) in [6, 6.07) is 7.06. The van der Waals surface area contributed by atoms with Gasteiger partial charge >= 0.3 is 12.1 Å². The Morgan fingerprint density at radius 3 is 2.29 bits per heavy atom. The van der Waals surface area contributed by atoms with E-state index in [1.807, 2.05) is 32.9 Å². The van der Waals surface area contributed by atoms with E-state index in [-0.39, 0.29) is 18.5 Å². The summed E-state index contributed by atoms with van der Waals surface area (Å²) >= 11 is 0. The van der Waals surface area contributed by atoms with Crippen LogP contribution in [-0.2, 0) is 14.3 Å². The van der Waals surface area contributed by atoms with Crippen molar-refractivity contribution in [3.63, 3.8) is 0 Å². The lowest BCUT2D eigenvalue weighted by Gasteiger charge is -2.35. The van der Waals surface area contributed by atoms with Crippen molar-refractivity contribution in [2.24, 2.45) is 0 Å². The maximum absolute atomic E-state index is 12.8. The normalized spacial score (nSPS) is 14.7. The van der Waals surface area contributed by atoms with Crippen molar-refractivity contribution in [1.82, 2.24) is 20.1 Å². The Hall–Kier alpha value is -3.40. The average molecular weight is 529 g/mol. The van der Waals surface area contributed by atoms with E-state index < -0.39 is 17.2 Å². The number of nitrogens with zero attached hydrogens (tertiary/aromatic N) is 3. The topological polar surface area (TPSA) is 110 Å². The number of esters is 1. The van der Waals surface area contributed by atoms with Crippen LogP contribution in [0, 0.1) is 0 Å². The van der Waals surface area contributed by atoms with E-state index in [4.69, 9.17) is 14.2 Å². The molecular formula is C28H40N4O6. The van der Waals surface area contributed by atoms with E-state index in [1.54, 1.807) is 44.0 Å². The number of benzene rings is 1. The van der Waals surface area contributed by atoms with Gasteiger partial charge in [0.05, 0.1) is 17.7 Å². The van der Waals surface area contributed by atoms with E-state index in [1.165, 1.54) is 0 Å². The highest BCUT2D eigenvalue weighted by Crippen LogP contribution is 2.23. The molecule has 0 spiro atoms. The van der Waals surface area contributed by atoms with Gasteiger partial charge in [0.15, 0.2) is 0 Å². The number of carbonyl (C=O) groups excluding carboxylic acids is 3. The number of ether oxygens (including phenoxy) is 3. The standard InChI is InChI=1S/C28H40N4O6/c1-27(2,3)37-24(33)19-30-25(34)21-10-11-29-23-9-8-20(18-22(21)23)36-17-7-12-31-13-15-32(16-14-31)26(35)38-28(4,5)6/h8-11,18H,7,12-17,19H2,1-6H3,(H,30,34). The van der Waals surface area contributed by atoms with Gasteiger partial charge in [-0.15, -0.1) is 0 Å². The van der Waals surface area contributed by atoms with Crippen LogP contribution >= 0.6 is 0 Å². The van der Waals surface area contributed by atoms with E-state index >= 15 is 0 Å². The van der Waals surface area contributed by atoms with Crippen LogP contribution in [0.3, 0.4) is 0 Å². The van der Waals surface area contributed by atoms with Gasteiger partial charge in [0, 0.05) is 44.3 Å². The first-order valence-electron chi connectivity index (χ1n) is 13.0. The second-order valence-corrected chi connectivity index (χ2v) is 11.3. The Morgan fingerprint density at radius 2 is 1.63 bits per heavy atom. The van der Waals surface area contributed by atoms with Crippen molar-refractivity contribution >= 4 is 28.9 Å². The summed E-state index contributed by atoms with van der Waals surface area (Å²) in [5, 5.41) is 3.27. The molecule has 0 atom stereocenters. The summed E-state index contributed by atoms with van der Waals surface area (Å²) in [4.78, 5) is 45.4. The van der Waals surface area contributed by atoms with Crippen LogP contribution < -0.4 is 10.1 Å². The van der Waals surface area contributed by atoms with Crippen LogP contribution in [0.25, 0.3) is 10.9 Å². The van der Waals surface area contributed by atoms with Gasteiger partial charge in [-0.2, -0.15) is 0 Å². The van der Waals surface area contributed by atoms with Gasteiger partial charge in [-0.25, -0.2) is 4.79 Å². The maximum atomic E-state index is 12.8. The summed E-state index contributed by atoms with van der Waals surface area (Å²) in [5.41, 5.74) is -0.0436. The summed E-state index contributed by atoms with van der Waals surface area (Å²) in [6.45, 7) is 15.0. The number of piperazine rings is 1. The maximum Gasteiger partial charge on any atom is 0.410 e. The number of aromatic nitrogens is 1. The van der Waals surface area contributed by atoms with E-state index in [2.05, 4.69) is 15.2 Å². The predicted molar refractivity (Wildman–Crippen MR) is 144 cm³/mol. The Balaban J connectivity index is 1.48. The van der Waals surface area contributed by atoms with Crippen LogP contribution in [0.2, 0.25) is 0 Å². The Labute approximate surface area is 224 Å². The van der Waals surface area contributed by atoms with Crippen molar-refractivity contribution in [3.05, 3.63) is 36.0 Å². The molecule has 10 heteroatoms. The van der Waals surface area contributed by atoms with Gasteiger partial charge < -0.3 is 24.4 Å². The molecule has 1 saturated heterocycles. The molecule has 0 bridgehead atoms. The van der Waals surface area contributed by atoms with E-state index in [0.29, 0.717) is 41.9 Å². The van der Waals surface area contributed by atoms with Crippen LogP contribution in [0.1, 0.15) is 58.3 Å². The minimum Gasteiger partial charge on any atom is -0.494 e. The van der Waals surface area contributed by atoms with Gasteiger partial charge in [-0.3, -0.25) is 19.5 Å². The minimum atomic E-state index is -0.619. The molecule has 1 aliphatic rings. The van der Waals surface area contributed by atoms with Crippen molar-refractivity contribution in [2.45, 2.75) is 59.2 Å². The molecular weight excluding hydrogens is 488 g/mol. The molecule has 0 unspecified atom stereocenters. The van der Waals surface area contributed by atoms with Crippen molar-refractivity contribution in [3.8, 4) is 5.75 Å². The fourth-order valence-corrected chi connectivity index (χ4v) is 4.00. The lowest BCUT2D eigenvalue weighted by Crippen LogP contribution is -2.50. The minimum absolute atomic E-state index is 0.220. The van der Waals surface area contributed by atoms with Crippen molar-refractivity contribution < 1.29 is 28.6 Å². The van der Waals surface area contributed by atoms with Crippen LogP contribution in [0.5, 0.6) is 5.75 Å². The van der Waals surface area contributed by atoms with Crippen LogP contribution in [0.4, 0.5) is 4.79 Å². The largest absolute Gasteiger partial charge is 0.494 e. The number of rotatable bonds is 8. The van der Waals surface area contributed by atoms with Crippen molar-refractivity contribution in [1.29, 1.82) is 0 Å². The molecule has 2 heterocycles. The molecule has 3 rings (SSSR count). The van der Waals surface area contributed by atoms with Gasteiger partial charge in [0.25, 0.3) is 5.91 Å². The van der Waals surface area contributed by atoms with Gasteiger partial charge in [-0.05, 0) is 72.2 Å². The highest BCUT2D eigenvalue weighted by Gasteiger charge is 2.25. The molecule has 2 amide bonds. The molecule has 208 valence electrons. The molecule has 1 N–H and O–H groups in total. The fraction of sp³-hybridized carbons (Fsp3) is 0.571. The zero-order valence-corrected chi connectivity index (χ0v) is 23.3. The molecule has 1 aromatic carbocycles. The first-order valence-corrected chi connectivity index (χ1v) is 13.0. The zero-order chi connectivity index (χ0) is 27.9. The number of fused-ring (bicyclic) bond motifs is 1. The summed E-state index contributed by atoms with van der Waals surface area (Å²) in [6.07, 6.45) is 2.12. The van der Waals surface area contributed by atoms with Crippen molar-refractivity contribution in [2.75, 3.05) is 45.9 Å². The third-order valence-corrected chi connectivity index (χ3v) is 5.68. The molecule has 2 aromatic rings. The lowest BCUT2D eigenvalue weighted by molar-refractivity contribution is -0.153. The zero-order valence-electron chi connectivity index (χ0n) is 23.3. The predicted octanol–water partition coefficient (Wildman–Crippen LogP) is 3.63. The average Bonchev–Trinajstić information content (AvgIpc) is 2.83. The van der Waals surface area contributed by atoms with Crippen LogP contribution in [-0.4, -0.2) is 89.8 Å². The first-order chi connectivity index (χ1) is 17.8. The number of amides is 2. The lowest BCUT2D eigenvalue weighted by atomic mass is 10.1. The molecule has 0 saturated carbocycles. The second kappa shape index (κ2) is 12.4. The van der Waals surface area contributed by atoms with Gasteiger partial charge in [-0.1, -0.05) is 0 Å². The smallest absolute Gasteiger partial charge is 0.410 e. The Morgan fingerprint density at radius 1 is 0.947 bits per heavy atom. The summed E-state index contributed by atoms with van der Waals surface area (Å²) in [5.74, 6) is -0.244. The highest BCUT2D eigenvalue weighted by molar-refractivity contribution is 6.07. The molecule has 0 aliphatic carbocycles. The Kier molecular flexibility index (Phi) is 9.54. The first kappa shape index (κ1) is 29.2. The number of hydrogen-bond donors (Lipinski definition) is 1. The van der Waals surface area contributed by atoms with Gasteiger partial charge in [0.1, 0.15) is 23.5 Å². The summed E-state index contributed by atoms with van der Waals surface area (Å²) in [7, 11) is 0. The monoisotopic (exact) mass is 528 g/mol. The Bertz CT molecular complexity index is 1130. The third-order valence-electron chi connectivity index (χ3n) is 5.68. The second-order valence-electron chi connectivity index (χ2n) is 11.3. The molecule has 38 heavy (non-hydrogen) atoms. The third kappa shape index (κ3) is 9.16. The van der Waals surface area contributed by atoms with Crippen LogP contribution in [0.15, 0.2) is 30.5 Å². The van der Waals surface area contributed by atoms with E-state index in [9.17, 15) is 14.4 Å². The number of pyridine rings is 1. The fourth-order valence-electron chi connectivity index (χ4n) is 4.00. The number of carbonyl (C=O) groups is 3. The number of hydrogen-bond acceptors (Lipinski definition) is 8. The summed E-state index contributed by atoms with van der Waals surface area (Å²) < 4.78 is 16.7. The number of nitrogens with one attached hydrogen (secondary N) is 1.